The third kappa shape index (κ3) is 4.03. The van der Waals surface area contributed by atoms with Gasteiger partial charge in [-0.15, -0.1) is 5.10 Å². The molecule has 0 spiro atoms. The van der Waals surface area contributed by atoms with Crippen LogP contribution in [-0.4, -0.2) is 24.4 Å². The molecule has 3 heterocycles. The van der Waals surface area contributed by atoms with Gasteiger partial charge in [0.15, 0.2) is 5.82 Å². The second-order valence-corrected chi connectivity index (χ2v) is 9.22. The number of hydrogen-bond donors (Lipinski definition) is 0. The third-order valence-corrected chi connectivity index (χ3v) is 6.66. The highest BCUT2D eigenvalue weighted by atomic mass is 35.5. The van der Waals surface area contributed by atoms with Gasteiger partial charge in [0.25, 0.3) is 5.56 Å². The summed E-state index contributed by atoms with van der Waals surface area (Å²) in [6.45, 7) is 0. The minimum Gasteiger partial charge on any atom is -0.266 e. The molecule has 6 rings (SSSR count). The molecule has 6 aromatic rings. The van der Waals surface area contributed by atoms with Crippen molar-refractivity contribution in [2.75, 3.05) is 0 Å². The van der Waals surface area contributed by atoms with Crippen LogP contribution >= 0.6 is 22.9 Å². The van der Waals surface area contributed by atoms with Gasteiger partial charge in [-0.2, -0.15) is 14.6 Å². The second kappa shape index (κ2) is 8.57. The molecule has 6 nitrogen and oxygen atoms in total. The fourth-order valence-corrected chi connectivity index (χ4v) is 4.76. The summed E-state index contributed by atoms with van der Waals surface area (Å²) in [5.41, 5.74) is 3.63. The number of fused-ring (bicyclic) bond motifs is 1. The molecule has 170 valence electrons. The predicted molar refractivity (Wildman–Crippen MR) is 135 cm³/mol. The van der Waals surface area contributed by atoms with Gasteiger partial charge in [-0.1, -0.05) is 53.3 Å². The molecule has 9 heteroatoms. The van der Waals surface area contributed by atoms with Crippen LogP contribution in [0, 0.1) is 5.82 Å². The quantitative estimate of drug-likeness (QED) is 0.342. The van der Waals surface area contributed by atoms with Crippen LogP contribution in [0.1, 0.15) is 5.56 Å². The lowest BCUT2D eigenvalue weighted by atomic mass is 10.1. The smallest absolute Gasteiger partial charge is 0.266 e. The Labute approximate surface area is 207 Å². The van der Waals surface area contributed by atoms with E-state index in [2.05, 4.69) is 10.1 Å². The zero-order valence-corrected chi connectivity index (χ0v) is 19.5. The average molecular weight is 500 g/mol. The first-order chi connectivity index (χ1) is 17.0. The fraction of sp³-hybridized carbons (Fsp3) is 0. The van der Waals surface area contributed by atoms with Crippen LogP contribution in [0.25, 0.3) is 39.4 Å². The van der Waals surface area contributed by atoms with Crippen LogP contribution in [0.15, 0.2) is 89.9 Å². The van der Waals surface area contributed by atoms with E-state index in [0.29, 0.717) is 25.9 Å². The third-order valence-electron chi connectivity index (χ3n) is 5.45. The summed E-state index contributed by atoms with van der Waals surface area (Å²) in [7, 11) is 0. The molecule has 3 aromatic carbocycles. The van der Waals surface area contributed by atoms with Gasteiger partial charge in [-0.25, -0.2) is 9.07 Å². The highest BCUT2D eigenvalue weighted by molar-refractivity contribution is 7.15. The van der Waals surface area contributed by atoms with Crippen LogP contribution < -0.4 is 10.1 Å². The number of hydrogen-bond acceptors (Lipinski definition) is 5. The lowest BCUT2D eigenvalue weighted by Crippen LogP contribution is -2.23. The van der Waals surface area contributed by atoms with Gasteiger partial charge >= 0.3 is 0 Å². The van der Waals surface area contributed by atoms with Gasteiger partial charge in [0.05, 0.1) is 10.2 Å². The average Bonchev–Trinajstić information content (AvgIpc) is 3.56. The lowest BCUT2D eigenvalue weighted by molar-refractivity contribution is 0.628. The van der Waals surface area contributed by atoms with Gasteiger partial charge in [0.1, 0.15) is 11.5 Å². The fourth-order valence-electron chi connectivity index (χ4n) is 3.73. The molecule has 0 unspecified atom stereocenters. The number of aromatic nitrogens is 5. The maximum absolute atomic E-state index is 13.2. The maximum Gasteiger partial charge on any atom is 0.291 e. The van der Waals surface area contributed by atoms with Crippen LogP contribution in [0.5, 0.6) is 0 Å². The SMILES string of the molecule is O=c1c(=Cc2cn(-c3ccccc3)nc2-c2ccc(Cl)cc2)sc2nc(-c3ccc(F)cc3)nn12. The number of nitrogens with zero attached hydrogens (tertiary/aromatic N) is 5. The molecule has 0 fully saturated rings. The highest BCUT2D eigenvalue weighted by Crippen LogP contribution is 2.26. The Morgan fingerprint density at radius 2 is 1.60 bits per heavy atom. The second-order valence-electron chi connectivity index (χ2n) is 7.77. The Morgan fingerprint density at radius 1 is 0.886 bits per heavy atom. The minimum absolute atomic E-state index is 0.277. The molecule has 0 aliphatic rings. The van der Waals surface area contributed by atoms with Crippen LogP contribution in [0.2, 0.25) is 5.02 Å². The Balaban J connectivity index is 1.48. The number of rotatable bonds is 4. The first-order valence-corrected chi connectivity index (χ1v) is 11.8. The van der Waals surface area contributed by atoms with Gasteiger partial charge in [0, 0.05) is 27.9 Å². The summed E-state index contributed by atoms with van der Waals surface area (Å²) < 4.78 is 16.8. The van der Waals surface area contributed by atoms with E-state index in [0.717, 1.165) is 22.5 Å². The van der Waals surface area contributed by atoms with E-state index in [1.165, 1.54) is 28.0 Å². The summed E-state index contributed by atoms with van der Waals surface area (Å²) in [4.78, 5) is 18.1. The molecule has 0 atom stereocenters. The molecule has 0 aliphatic heterocycles. The van der Waals surface area contributed by atoms with Gasteiger partial charge in [-0.3, -0.25) is 4.79 Å². The minimum atomic E-state index is -0.344. The number of benzene rings is 3. The van der Waals surface area contributed by atoms with Crippen molar-refractivity contribution in [2.24, 2.45) is 0 Å². The van der Waals surface area contributed by atoms with E-state index >= 15 is 0 Å². The Kier molecular flexibility index (Phi) is 5.24. The molecule has 3 aromatic heterocycles. The first kappa shape index (κ1) is 21.4. The van der Waals surface area contributed by atoms with Crippen LogP contribution in [-0.2, 0) is 0 Å². The van der Waals surface area contributed by atoms with Gasteiger partial charge < -0.3 is 0 Å². The molecule has 0 saturated carbocycles. The van der Waals surface area contributed by atoms with Crippen molar-refractivity contribution in [3.05, 3.63) is 116 Å². The molecule has 0 bridgehead atoms. The summed E-state index contributed by atoms with van der Waals surface area (Å²) in [6.07, 6.45) is 3.69. The van der Waals surface area contributed by atoms with E-state index in [-0.39, 0.29) is 11.4 Å². The van der Waals surface area contributed by atoms with Crippen LogP contribution in [0.4, 0.5) is 4.39 Å². The van der Waals surface area contributed by atoms with Gasteiger partial charge in [-0.05, 0) is 54.6 Å². The van der Waals surface area contributed by atoms with Crippen molar-refractivity contribution in [2.45, 2.75) is 0 Å². The summed E-state index contributed by atoms with van der Waals surface area (Å²) in [5, 5.41) is 9.76. The van der Waals surface area contributed by atoms with Crippen molar-refractivity contribution in [1.29, 1.82) is 0 Å². The van der Waals surface area contributed by atoms with E-state index in [1.54, 1.807) is 35.0 Å². The summed E-state index contributed by atoms with van der Waals surface area (Å²) >= 11 is 7.32. The van der Waals surface area contributed by atoms with Crippen molar-refractivity contribution < 1.29 is 4.39 Å². The van der Waals surface area contributed by atoms with E-state index < -0.39 is 0 Å². The first-order valence-electron chi connectivity index (χ1n) is 10.6. The maximum atomic E-state index is 13.2. The number of thiazole rings is 1. The van der Waals surface area contributed by atoms with Crippen molar-refractivity contribution >= 4 is 34.0 Å². The molecule has 0 radical (unpaired) electrons. The molecular formula is C26H15ClFN5OS. The standard InChI is InChI=1S/C26H15ClFN5OS/c27-19-10-6-16(7-11-19)23-18(15-32(30-23)21-4-2-1-3-5-21)14-22-25(34)33-26(35-22)29-24(31-33)17-8-12-20(28)13-9-17/h1-15H. The monoisotopic (exact) mass is 499 g/mol. The number of halogens is 2. The van der Waals surface area contributed by atoms with Crippen molar-refractivity contribution in [3.63, 3.8) is 0 Å². The largest absolute Gasteiger partial charge is 0.291 e. The van der Waals surface area contributed by atoms with Crippen molar-refractivity contribution in [1.82, 2.24) is 24.4 Å². The Bertz CT molecular complexity index is 1770. The molecule has 0 aliphatic carbocycles. The molecule has 0 N–H and O–H groups in total. The number of para-hydroxylation sites is 1. The molecular weight excluding hydrogens is 485 g/mol. The van der Waals surface area contributed by atoms with E-state index in [9.17, 15) is 9.18 Å². The van der Waals surface area contributed by atoms with Gasteiger partial charge in [0.2, 0.25) is 4.96 Å². The summed E-state index contributed by atoms with van der Waals surface area (Å²) in [6, 6.07) is 23.0. The topological polar surface area (TPSA) is 65.1 Å². The van der Waals surface area contributed by atoms with E-state index in [1.807, 2.05) is 48.7 Å². The zero-order valence-electron chi connectivity index (χ0n) is 18.0. The predicted octanol–water partition coefficient (Wildman–Crippen LogP) is 5.01. The summed E-state index contributed by atoms with van der Waals surface area (Å²) in [5.74, 6) is 0.0300. The van der Waals surface area contributed by atoms with Crippen molar-refractivity contribution in [3.8, 4) is 28.3 Å². The molecule has 35 heavy (non-hydrogen) atoms. The highest BCUT2D eigenvalue weighted by Gasteiger charge is 2.15. The van der Waals surface area contributed by atoms with E-state index in [4.69, 9.17) is 16.7 Å². The van der Waals surface area contributed by atoms with Crippen LogP contribution in [0.3, 0.4) is 0 Å². The molecule has 0 amide bonds. The Hall–Kier alpha value is -4.14. The zero-order chi connectivity index (χ0) is 23.9. The molecule has 0 saturated heterocycles. The lowest BCUT2D eigenvalue weighted by Gasteiger charge is -2.00. The normalized spacial score (nSPS) is 12.0. The Morgan fingerprint density at radius 3 is 2.31 bits per heavy atom.